The van der Waals surface area contributed by atoms with Gasteiger partial charge in [0.2, 0.25) is 0 Å². The number of nitrogens with zero attached hydrogens (tertiary/aromatic N) is 3. The van der Waals surface area contributed by atoms with Crippen molar-refractivity contribution in [2.24, 2.45) is 5.10 Å². The number of hydrazone groups is 1. The minimum atomic E-state index is 0.624. The van der Waals surface area contributed by atoms with Crippen LogP contribution in [0.2, 0.25) is 0 Å². The second-order valence-electron chi connectivity index (χ2n) is 1.81. The number of hydrogen-bond donors (Lipinski definition) is 2. The molecule has 0 saturated carbocycles. The van der Waals surface area contributed by atoms with E-state index < -0.39 is 0 Å². The second kappa shape index (κ2) is 3.50. The number of rotatable bonds is 3. The molecule has 0 amide bonds. The van der Waals surface area contributed by atoms with Crippen LogP contribution in [0.3, 0.4) is 0 Å². The van der Waals surface area contributed by atoms with Crippen molar-refractivity contribution in [3.8, 4) is 0 Å². The van der Waals surface area contributed by atoms with Crippen molar-refractivity contribution in [3.63, 3.8) is 0 Å². The minimum absolute atomic E-state index is 0.624. The van der Waals surface area contributed by atoms with Gasteiger partial charge in [-0.25, -0.2) is 9.97 Å². The molecule has 11 heavy (non-hydrogen) atoms. The van der Waals surface area contributed by atoms with Gasteiger partial charge >= 0.3 is 0 Å². The molecule has 1 heterocycles. The molecule has 5 nitrogen and oxygen atoms in total. The molecule has 2 N–H and O–H groups in total. The van der Waals surface area contributed by atoms with Crippen molar-refractivity contribution in [3.05, 3.63) is 12.4 Å². The van der Waals surface area contributed by atoms with Crippen LogP contribution in [-0.4, -0.2) is 23.7 Å². The normalized spacial score (nSPS) is 8.82. The van der Waals surface area contributed by atoms with Crippen LogP contribution in [-0.2, 0) is 0 Å². The van der Waals surface area contributed by atoms with Gasteiger partial charge in [-0.1, -0.05) is 0 Å². The van der Waals surface area contributed by atoms with Gasteiger partial charge in [-0.3, -0.25) is 5.43 Å². The fourth-order valence-corrected chi connectivity index (χ4v) is 0.636. The van der Waals surface area contributed by atoms with E-state index in [1.165, 1.54) is 6.33 Å². The van der Waals surface area contributed by atoms with Gasteiger partial charge in [0.1, 0.15) is 12.1 Å². The van der Waals surface area contributed by atoms with E-state index in [1.807, 2.05) is 0 Å². The molecule has 1 rings (SSSR count). The van der Waals surface area contributed by atoms with Gasteiger partial charge in [0.05, 0.1) is 0 Å². The Balaban J connectivity index is 2.82. The van der Waals surface area contributed by atoms with Crippen molar-refractivity contribution in [2.45, 2.75) is 0 Å². The molecule has 0 saturated heterocycles. The van der Waals surface area contributed by atoms with Crippen LogP contribution in [0.25, 0.3) is 0 Å². The minimum Gasteiger partial charge on any atom is -0.373 e. The van der Waals surface area contributed by atoms with E-state index in [1.54, 1.807) is 13.1 Å². The third-order valence-electron chi connectivity index (χ3n) is 1.12. The number of anilines is 2. The molecule has 1 aromatic rings. The van der Waals surface area contributed by atoms with Gasteiger partial charge in [-0.15, -0.1) is 0 Å². The fraction of sp³-hybridized carbons (Fsp3) is 0.167. The molecule has 0 aliphatic rings. The lowest BCUT2D eigenvalue weighted by Crippen LogP contribution is -1.96. The summed E-state index contributed by atoms with van der Waals surface area (Å²) in [4.78, 5) is 7.80. The lowest BCUT2D eigenvalue weighted by Gasteiger charge is -2.00. The van der Waals surface area contributed by atoms with Crippen LogP contribution in [0.4, 0.5) is 11.6 Å². The fourth-order valence-electron chi connectivity index (χ4n) is 0.636. The third-order valence-corrected chi connectivity index (χ3v) is 1.12. The lowest BCUT2D eigenvalue weighted by atomic mass is 10.5. The van der Waals surface area contributed by atoms with Crippen LogP contribution >= 0.6 is 0 Å². The summed E-state index contributed by atoms with van der Waals surface area (Å²) in [7, 11) is 1.79. The quantitative estimate of drug-likeness (QED) is 0.489. The molecule has 0 aliphatic heterocycles. The maximum absolute atomic E-state index is 3.92. The van der Waals surface area contributed by atoms with Crippen molar-refractivity contribution < 1.29 is 0 Å². The Labute approximate surface area is 64.6 Å². The van der Waals surface area contributed by atoms with Crippen molar-refractivity contribution in [2.75, 3.05) is 17.8 Å². The summed E-state index contributed by atoms with van der Waals surface area (Å²) in [6.07, 6.45) is 1.44. The highest BCUT2D eigenvalue weighted by molar-refractivity contribution is 5.46. The van der Waals surface area contributed by atoms with Crippen molar-refractivity contribution in [1.82, 2.24) is 9.97 Å². The zero-order valence-corrected chi connectivity index (χ0v) is 6.20. The average molecular weight is 151 g/mol. The maximum atomic E-state index is 3.92. The summed E-state index contributed by atoms with van der Waals surface area (Å²) in [6.45, 7) is 3.27. The second-order valence-corrected chi connectivity index (χ2v) is 1.81. The monoisotopic (exact) mass is 151 g/mol. The van der Waals surface area contributed by atoms with Gasteiger partial charge in [-0.05, 0) is 0 Å². The lowest BCUT2D eigenvalue weighted by molar-refractivity contribution is 1.13. The van der Waals surface area contributed by atoms with E-state index in [0.717, 1.165) is 5.82 Å². The number of hydrogen-bond acceptors (Lipinski definition) is 5. The van der Waals surface area contributed by atoms with Gasteiger partial charge < -0.3 is 5.32 Å². The molecule has 0 radical (unpaired) electrons. The third kappa shape index (κ3) is 1.89. The van der Waals surface area contributed by atoms with Gasteiger partial charge in [-0.2, -0.15) is 5.10 Å². The highest BCUT2D eigenvalue weighted by atomic mass is 15.3. The molecule has 5 heteroatoms. The first kappa shape index (κ1) is 7.46. The zero-order chi connectivity index (χ0) is 8.10. The predicted octanol–water partition coefficient (Wildman–Crippen LogP) is 0.546. The Kier molecular flexibility index (Phi) is 2.37. The zero-order valence-electron chi connectivity index (χ0n) is 6.20. The summed E-state index contributed by atoms with van der Waals surface area (Å²) in [5.74, 6) is 1.37. The Bertz CT molecular complexity index is 246. The summed E-state index contributed by atoms with van der Waals surface area (Å²) < 4.78 is 0. The molecule has 0 atom stereocenters. The molecule has 0 spiro atoms. The van der Waals surface area contributed by atoms with E-state index in [4.69, 9.17) is 0 Å². The standard InChI is InChI=1S/C6H9N5/c1-7-5-3-6(11-8-2)10-4-9-5/h3-4H,2H2,1H3,(H2,7,9,10,11). The Hall–Kier alpha value is -1.65. The molecular weight excluding hydrogens is 142 g/mol. The summed E-state index contributed by atoms with van der Waals surface area (Å²) in [5, 5.41) is 6.34. The van der Waals surface area contributed by atoms with Crippen molar-refractivity contribution in [1.29, 1.82) is 0 Å². The summed E-state index contributed by atoms with van der Waals surface area (Å²) >= 11 is 0. The largest absolute Gasteiger partial charge is 0.373 e. The Morgan fingerprint density at radius 2 is 2.18 bits per heavy atom. The van der Waals surface area contributed by atoms with Gasteiger partial charge in [0.15, 0.2) is 5.82 Å². The van der Waals surface area contributed by atoms with E-state index in [-0.39, 0.29) is 0 Å². The molecular formula is C6H9N5. The smallest absolute Gasteiger partial charge is 0.151 e. The van der Waals surface area contributed by atoms with Gasteiger partial charge in [0.25, 0.3) is 0 Å². The van der Waals surface area contributed by atoms with E-state index in [0.29, 0.717) is 5.82 Å². The Morgan fingerprint density at radius 1 is 1.45 bits per heavy atom. The van der Waals surface area contributed by atoms with Crippen molar-refractivity contribution >= 4 is 18.4 Å². The topological polar surface area (TPSA) is 62.2 Å². The highest BCUT2D eigenvalue weighted by Gasteiger charge is 1.92. The first-order valence-corrected chi connectivity index (χ1v) is 3.08. The van der Waals surface area contributed by atoms with E-state index in [9.17, 15) is 0 Å². The van der Waals surface area contributed by atoms with Crippen LogP contribution in [0.5, 0.6) is 0 Å². The van der Waals surface area contributed by atoms with Gasteiger partial charge in [0, 0.05) is 19.8 Å². The molecule has 0 aromatic carbocycles. The molecule has 1 aromatic heterocycles. The van der Waals surface area contributed by atoms with Crippen LogP contribution < -0.4 is 10.7 Å². The van der Waals surface area contributed by atoms with Crippen LogP contribution in [0.1, 0.15) is 0 Å². The molecule has 0 aliphatic carbocycles. The molecule has 0 bridgehead atoms. The first-order chi connectivity index (χ1) is 5.36. The van der Waals surface area contributed by atoms with Crippen LogP contribution in [0, 0.1) is 0 Å². The van der Waals surface area contributed by atoms with E-state index in [2.05, 4.69) is 32.5 Å². The predicted molar refractivity (Wildman–Crippen MR) is 44.8 cm³/mol. The number of nitrogens with one attached hydrogen (secondary N) is 2. The first-order valence-electron chi connectivity index (χ1n) is 3.08. The Morgan fingerprint density at radius 3 is 2.82 bits per heavy atom. The molecule has 0 unspecified atom stereocenters. The van der Waals surface area contributed by atoms with Crippen LogP contribution in [0.15, 0.2) is 17.5 Å². The number of aromatic nitrogens is 2. The summed E-state index contributed by atoms with van der Waals surface area (Å²) in [5.41, 5.74) is 2.60. The highest BCUT2D eigenvalue weighted by Crippen LogP contribution is 2.06. The average Bonchev–Trinajstić information content (AvgIpc) is 2.06. The summed E-state index contributed by atoms with van der Waals surface area (Å²) in [6, 6.07) is 1.73. The SMILES string of the molecule is C=NNc1cc(NC)ncn1. The maximum Gasteiger partial charge on any atom is 0.151 e. The van der Waals surface area contributed by atoms with E-state index >= 15 is 0 Å². The molecule has 0 fully saturated rings. The molecule has 58 valence electrons.